The summed E-state index contributed by atoms with van der Waals surface area (Å²) in [4.78, 5) is 17.0. The molecule has 0 amide bonds. The molecule has 252 valence electrons. The van der Waals surface area contributed by atoms with Crippen LogP contribution >= 0.6 is 0 Å². The van der Waals surface area contributed by atoms with Crippen LogP contribution in [0.5, 0.6) is 0 Å². The number of furan rings is 1. The third kappa shape index (κ3) is 5.02. The summed E-state index contributed by atoms with van der Waals surface area (Å²) in [6.45, 7) is 0. The number of nitrogens with zero attached hydrogens (tertiary/aromatic N) is 6. The third-order valence-corrected chi connectivity index (χ3v) is 10.1. The number of fused-ring (bicyclic) bond motifs is 8. The molecule has 0 aliphatic rings. The van der Waals surface area contributed by atoms with Gasteiger partial charge in [-0.25, -0.2) is 15.0 Å². The number of aromatic nitrogens is 6. The van der Waals surface area contributed by atoms with Crippen molar-refractivity contribution in [1.29, 1.82) is 0 Å². The van der Waals surface area contributed by atoms with Crippen molar-refractivity contribution in [2.24, 2.45) is 0 Å². The third-order valence-electron chi connectivity index (χ3n) is 10.1. The highest BCUT2D eigenvalue weighted by Gasteiger charge is 2.17. The van der Waals surface area contributed by atoms with Gasteiger partial charge >= 0.3 is 0 Å². The first-order valence-electron chi connectivity index (χ1n) is 17.8. The van der Waals surface area contributed by atoms with Gasteiger partial charge in [0.2, 0.25) is 0 Å². The second-order valence-electron chi connectivity index (χ2n) is 13.4. The molecule has 7 nitrogen and oxygen atoms in total. The van der Waals surface area contributed by atoms with E-state index in [1.807, 2.05) is 72.8 Å². The first kappa shape index (κ1) is 30.1. The van der Waals surface area contributed by atoms with Crippen LogP contribution in [0.25, 0.3) is 105 Å². The Morgan fingerprint density at radius 1 is 0.389 bits per heavy atom. The predicted octanol–water partition coefficient (Wildman–Crippen LogP) is 11.5. The maximum atomic E-state index is 6.14. The molecule has 11 rings (SSSR count). The molecule has 0 atom stereocenters. The molecule has 0 saturated carbocycles. The lowest BCUT2D eigenvalue weighted by Crippen LogP contribution is -2.00. The van der Waals surface area contributed by atoms with Crippen molar-refractivity contribution in [2.75, 3.05) is 0 Å². The van der Waals surface area contributed by atoms with Gasteiger partial charge in [0.25, 0.3) is 0 Å². The summed E-state index contributed by atoms with van der Waals surface area (Å²) < 4.78 is 6.14. The zero-order valence-corrected chi connectivity index (χ0v) is 28.8. The molecule has 0 N–H and O–H groups in total. The number of rotatable bonds is 5. The van der Waals surface area contributed by atoms with Crippen molar-refractivity contribution in [3.63, 3.8) is 0 Å². The van der Waals surface area contributed by atoms with Gasteiger partial charge in [-0.3, -0.25) is 0 Å². The van der Waals surface area contributed by atoms with E-state index >= 15 is 0 Å². The normalized spacial score (nSPS) is 11.7. The quantitative estimate of drug-likeness (QED) is 0.167. The molecule has 0 bridgehead atoms. The van der Waals surface area contributed by atoms with Gasteiger partial charge in [0.15, 0.2) is 17.5 Å². The fourth-order valence-corrected chi connectivity index (χ4v) is 7.41. The lowest BCUT2D eigenvalue weighted by Gasteiger charge is -2.11. The summed E-state index contributed by atoms with van der Waals surface area (Å²) in [5.74, 6) is 1.78. The Morgan fingerprint density at radius 3 is 1.80 bits per heavy atom. The van der Waals surface area contributed by atoms with Crippen LogP contribution in [0.4, 0.5) is 0 Å². The molecule has 0 aliphatic heterocycles. The maximum absolute atomic E-state index is 6.14. The molecule has 0 unspecified atom stereocenters. The highest BCUT2D eigenvalue weighted by molar-refractivity contribution is 6.18. The molecule has 54 heavy (non-hydrogen) atoms. The summed E-state index contributed by atoms with van der Waals surface area (Å²) in [7, 11) is 0. The van der Waals surface area contributed by atoms with Crippen LogP contribution in [-0.4, -0.2) is 29.9 Å². The average molecular weight is 693 g/mol. The Kier molecular flexibility index (Phi) is 6.72. The summed E-state index contributed by atoms with van der Waals surface area (Å²) >= 11 is 0. The minimum absolute atomic E-state index is 0.590. The Labute approximate surface area is 308 Å². The van der Waals surface area contributed by atoms with E-state index in [9.17, 15) is 0 Å². The summed E-state index contributed by atoms with van der Waals surface area (Å²) in [6.07, 6.45) is 0. The van der Waals surface area contributed by atoms with Crippen LogP contribution in [0.3, 0.4) is 0 Å². The number of hydrogen-bond donors (Lipinski definition) is 0. The average Bonchev–Trinajstić information content (AvgIpc) is 3.86. The predicted molar refractivity (Wildman–Crippen MR) is 216 cm³/mol. The first-order valence-corrected chi connectivity index (χ1v) is 17.8. The molecule has 7 heteroatoms. The van der Waals surface area contributed by atoms with Crippen molar-refractivity contribution in [3.8, 4) is 51.0 Å². The van der Waals surface area contributed by atoms with Crippen LogP contribution in [0.15, 0.2) is 174 Å². The van der Waals surface area contributed by atoms with E-state index < -0.39 is 0 Å². The van der Waals surface area contributed by atoms with Gasteiger partial charge in [0.1, 0.15) is 22.2 Å². The lowest BCUT2D eigenvalue weighted by molar-refractivity contribution is 0.669. The number of hydrogen-bond acceptors (Lipinski definition) is 6. The molecule has 3 aromatic heterocycles. The minimum atomic E-state index is 0.590. The zero-order valence-electron chi connectivity index (χ0n) is 28.8. The fourth-order valence-electron chi connectivity index (χ4n) is 7.41. The highest BCUT2D eigenvalue weighted by Crippen LogP contribution is 2.36. The molecule has 0 saturated heterocycles. The van der Waals surface area contributed by atoms with Crippen LogP contribution < -0.4 is 0 Å². The molecular formula is C47H28N6O. The highest BCUT2D eigenvalue weighted by atomic mass is 16.3. The van der Waals surface area contributed by atoms with Crippen LogP contribution in [0, 0.1) is 0 Å². The SMILES string of the molecule is c1ccc(-c2ccc(-c3nc(-c4ccc5c(ccc6ccc7nn(-c8ccccc8)nc7c65)c4)nc(-c4ccc5oc6ccccc6c5c4)n3)cc2)cc1. The monoisotopic (exact) mass is 692 g/mol. The van der Waals surface area contributed by atoms with Gasteiger partial charge < -0.3 is 4.42 Å². The molecule has 0 aliphatic carbocycles. The maximum Gasteiger partial charge on any atom is 0.164 e. The standard InChI is InChI=1S/C47H28N6O/c1-3-9-29(10-4-1)30-15-18-32(19-16-30)45-48-46(50-47(49-45)35-23-26-42-39(28-35)38-13-7-8-14-41(38)54-42)34-21-24-37-33(27-34)20-17-31-22-25-40-44(43(31)37)52-53(51-40)36-11-5-2-6-12-36/h1-28H. The van der Waals surface area contributed by atoms with E-state index in [-0.39, 0.29) is 0 Å². The smallest absolute Gasteiger partial charge is 0.164 e. The van der Waals surface area contributed by atoms with Crippen LogP contribution in [0.2, 0.25) is 0 Å². The van der Waals surface area contributed by atoms with E-state index in [2.05, 4.69) is 97.1 Å². The second-order valence-corrected chi connectivity index (χ2v) is 13.4. The summed E-state index contributed by atoms with van der Waals surface area (Å²) in [6, 6.07) is 57.8. The molecule has 3 heterocycles. The van der Waals surface area contributed by atoms with Crippen molar-refractivity contribution in [3.05, 3.63) is 170 Å². The van der Waals surface area contributed by atoms with Crippen molar-refractivity contribution < 1.29 is 4.42 Å². The number of para-hydroxylation sites is 2. The van der Waals surface area contributed by atoms with E-state index in [1.165, 1.54) is 0 Å². The van der Waals surface area contributed by atoms with E-state index in [4.69, 9.17) is 29.6 Å². The van der Waals surface area contributed by atoms with Crippen LogP contribution in [0.1, 0.15) is 0 Å². The van der Waals surface area contributed by atoms with Crippen molar-refractivity contribution in [1.82, 2.24) is 29.9 Å². The van der Waals surface area contributed by atoms with E-state index in [1.54, 1.807) is 4.80 Å². The second kappa shape index (κ2) is 12.0. The minimum Gasteiger partial charge on any atom is -0.456 e. The topological polar surface area (TPSA) is 82.5 Å². The Morgan fingerprint density at radius 2 is 0.981 bits per heavy atom. The lowest BCUT2D eigenvalue weighted by atomic mass is 9.99. The van der Waals surface area contributed by atoms with Gasteiger partial charge in [-0.05, 0) is 75.8 Å². The molecule has 0 fully saturated rings. The Bertz CT molecular complexity index is 3210. The van der Waals surface area contributed by atoms with Gasteiger partial charge in [-0.15, -0.1) is 10.2 Å². The summed E-state index contributed by atoms with van der Waals surface area (Å²) in [5.41, 5.74) is 9.27. The number of benzene rings is 8. The molecule has 0 spiro atoms. The molecule has 8 aromatic carbocycles. The van der Waals surface area contributed by atoms with Gasteiger partial charge in [-0.2, -0.15) is 4.80 Å². The zero-order chi connectivity index (χ0) is 35.6. The van der Waals surface area contributed by atoms with E-state index in [0.717, 1.165) is 88.0 Å². The fraction of sp³-hybridized carbons (Fsp3) is 0. The molecular weight excluding hydrogens is 665 g/mol. The van der Waals surface area contributed by atoms with Gasteiger partial charge in [-0.1, -0.05) is 121 Å². The van der Waals surface area contributed by atoms with Gasteiger partial charge in [0, 0.05) is 32.8 Å². The molecule has 0 radical (unpaired) electrons. The Hall–Kier alpha value is -7.51. The molecule has 11 aromatic rings. The van der Waals surface area contributed by atoms with Gasteiger partial charge in [0.05, 0.1) is 5.69 Å². The van der Waals surface area contributed by atoms with E-state index in [0.29, 0.717) is 17.5 Å². The van der Waals surface area contributed by atoms with Crippen molar-refractivity contribution >= 4 is 54.5 Å². The van der Waals surface area contributed by atoms with Crippen molar-refractivity contribution in [2.45, 2.75) is 0 Å². The first-order chi connectivity index (χ1) is 26.7. The largest absolute Gasteiger partial charge is 0.456 e. The summed E-state index contributed by atoms with van der Waals surface area (Å²) in [5, 5.41) is 16.2. The van der Waals surface area contributed by atoms with Crippen LogP contribution in [-0.2, 0) is 0 Å². The Balaban J connectivity index is 1.07.